The molecule has 0 bridgehead atoms. The highest BCUT2D eigenvalue weighted by Gasteiger charge is 2.28. The molecule has 0 radical (unpaired) electrons. The number of benzene rings is 1. The van der Waals surface area contributed by atoms with Crippen LogP contribution in [0.25, 0.3) is 0 Å². The van der Waals surface area contributed by atoms with E-state index in [1.807, 2.05) is 30.3 Å². The molecule has 1 aliphatic heterocycles. The van der Waals surface area contributed by atoms with Crippen molar-refractivity contribution in [3.63, 3.8) is 0 Å². The Kier molecular flexibility index (Phi) is 7.52. The lowest BCUT2D eigenvalue weighted by molar-refractivity contribution is -0.116. The van der Waals surface area contributed by atoms with Crippen molar-refractivity contribution in [3.05, 3.63) is 59.4 Å². The van der Waals surface area contributed by atoms with Crippen LogP contribution in [0.2, 0.25) is 0 Å². The van der Waals surface area contributed by atoms with Crippen molar-refractivity contribution in [2.24, 2.45) is 16.1 Å². The number of pyridine rings is 1. The van der Waals surface area contributed by atoms with Crippen molar-refractivity contribution in [3.8, 4) is 5.75 Å². The van der Waals surface area contributed by atoms with Crippen LogP contribution >= 0.6 is 11.8 Å². The maximum absolute atomic E-state index is 12.7. The number of aromatic nitrogens is 1. The number of ether oxygens (including phenoxy) is 1. The fourth-order valence-corrected chi connectivity index (χ4v) is 4.40. The highest BCUT2D eigenvalue weighted by molar-refractivity contribution is 8.14. The van der Waals surface area contributed by atoms with Crippen LogP contribution in [0.15, 0.2) is 52.9 Å². The molecular formula is C23H25N3O3S. The molecule has 0 saturated carbocycles. The number of Topliss-reactive ketones (excluding diaryl/α,β-unsaturated/α-hetero) is 2. The lowest BCUT2D eigenvalue weighted by atomic mass is 9.97. The molecule has 1 aromatic carbocycles. The van der Waals surface area contributed by atoms with Crippen molar-refractivity contribution in [2.75, 3.05) is 12.9 Å². The van der Waals surface area contributed by atoms with Gasteiger partial charge in [0, 0.05) is 36.4 Å². The normalized spacial score (nSPS) is 15.5. The lowest BCUT2D eigenvalue weighted by Crippen LogP contribution is -2.20. The van der Waals surface area contributed by atoms with E-state index in [-0.39, 0.29) is 23.9 Å². The smallest absolute Gasteiger partial charge is 0.147 e. The number of carbonyl (C=O) groups is 2. The zero-order valence-corrected chi connectivity index (χ0v) is 18.2. The van der Waals surface area contributed by atoms with Crippen molar-refractivity contribution in [2.45, 2.75) is 33.1 Å². The van der Waals surface area contributed by atoms with Gasteiger partial charge in [0.1, 0.15) is 22.4 Å². The number of hydrogen-bond donors (Lipinski definition) is 0. The minimum absolute atomic E-state index is 0.0747. The molecule has 1 unspecified atom stereocenters. The summed E-state index contributed by atoms with van der Waals surface area (Å²) in [5, 5.41) is 9.54. The summed E-state index contributed by atoms with van der Waals surface area (Å²) in [5.74, 6) is 1.21. The Morgan fingerprint density at radius 3 is 2.67 bits per heavy atom. The number of carbonyl (C=O) groups excluding carboxylic acids is 2. The molecule has 3 rings (SSSR count). The minimum Gasteiger partial charge on any atom is -0.496 e. The van der Waals surface area contributed by atoms with Crippen molar-refractivity contribution in [1.29, 1.82) is 0 Å². The molecule has 7 heteroatoms. The Hall–Kier alpha value is -2.80. The van der Waals surface area contributed by atoms with Crippen molar-refractivity contribution < 1.29 is 14.3 Å². The van der Waals surface area contributed by atoms with Crippen LogP contribution in [0.5, 0.6) is 5.75 Å². The molecule has 30 heavy (non-hydrogen) atoms. The SMILES string of the molecule is CCC1C(SCC(=O)Cc2cc(CC(C)=O)ccc2OC)=NN=C1c1cccnc1. The van der Waals surface area contributed by atoms with Gasteiger partial charge < -0.3 is 4.74 Å². The van der Waals surface area contributed by atoms with Gasteiger partial charge in [-0.3, -0.25) is 14.6 Å². The number of methoxy groups -OCH3 is 1. The maximum atomic E-state index is 12.7. The highest BCUT2D eigenvalue weighted by Crippen LogP contribution is 2.28. The summed E-state index contributed by atoms with van der Waals surface area (Å²) in [5.41, 5.74) is 3.55. The van der Waals surface area contributed by atoms with E-state index in [0.29, 0.717) is 17.9 Å². The fraction of sp³-hybridized carbons (Fsp3) is 0.348. The molecule has 6 nitrogen and oxygen atoms in total. The summed E-state index contributed by atoms with van der Waals surface area (Å²) >= 11 is 1.44. The van der Waals surface area contributed by atoms with Crippen LogP contribution in [0, 0.1) is 5.92 Å². The summed E-state index contributed by atoms with van der Waals surface area (Å²) in [6, 6.07) is 9.42. The third-order valence-corrected chi connectivity index (χ3v) is 5.94. The van der Waals surface area contributed by atoms with Gasteiger partial charge in [0.05, 0.1) is 24.5 Å². The van der Waals surface area contributed by atoms with Crippen molar-refractivity contribution >= 4 is 34.1 Å². The number of hydrogen-bond acceptors (Lipinski definition) is 7. The molecule has 0 fully saturated rings. The second-order valence-corrected chi connectivity index (χ2v) is 8.15. The monoisotopic (exact) mass is 423 g/mol. The number of ketones is 2. The van der Waals surface area contributed by atoms with Crippen LogP contribution in [0.1, 0.15) is 37.0 Å². The average molecular weight is 424 g/mol. The molecule has 2 heterocycles. The first-order chi connectivity index (χ1) is 14.5. The number of nitrogens with zero attached hydrogens (tertiary/aromatic N) is 3. The average Bonchev–Trinajstić information content (AvgIpc) is 3.15. The zero-order chi connectivity index (χ0) is 21.5. The van der Waals surface area contributed by atoms with Gasteiger partial charge in [-0.15, -0.1) is 16.9 Å². The van der Waals surface area contributed by atoms with Crippen LogP contribution in [-0.4, -0.2) is 40.2 Å². The van der Waals surface area contributed by atoms with Crippen molar-refractivity contribution in [1.82, 2.24) is 4.98 Å². The Bertz CT molecular complexity index is 986. The summed E-state index contributed by atoms with van der Waals surface area (Å²) < 4.78 is 5.39. The Morgan fingerprint density at radius 1 is 1.17 bits per heavy atom. The first-order valence-corrected chi connectivity index (χ1v) is 10.9. The second kappa shape index (κ2) is 10.3. The molecular weight excluding hydrogens is 398 g/mol. The lowest BCUT2D eigenvalue weighted by Gasteiger charge is -2.13. The van der Waals surface area contributed by atoms with E-state index in [4.69, 9.17) is 4.74 Å². The number of thioether (sulfide) groups is 1. The standard InChI is InChI=1S/C23H25N3O3S/c1-4-20-22(17-6-5-9-24-13-17)25-26-23(20)30-14-19(28)12-18-11-16(10-15(2)27)7-8-21(18)29-3/h5-9,11,13,20H,4,10,12,14H2,1-3H3. The largest absolute Gasteiger partial charge is 0.496 e. The van der Waals surface area contributed by atoms with Crippen LogP contribution in [0.3, 0.4) is 0 Å². The molecule has 0 aliphatic carbocycles. The van der Waals surface area contributed by atoms with Gasteiger partial charge in [-0.2, -0.15) is 5.10 Å². The van der Waals surface area contributed by atoms with E-state index < -0.39 is 0 Å². The van der Waals surface area contributed by atoms with Gasteiger partial charge in [0.15, 0.2) is 0 Å². The first-order valence-electron chi connectivity index (χ1n) is 9.87. The van der Waals surface area contributed by atoms with E-state index >= 15 is 0 Å². The summed E-state index contributed by atoms with van der Waals surface area (Å²) in [4.78, 5) is 28.2. The molecule has 1 aliphatic rings. The van der Waals surface area contributed by atoms with Gasteiger partial charge in [-0.25, -0.2) is 0 Å². The summed E-state index contributed by atoms with van der Waals surface area (Å²) in [6.07, 6.45) is 4.98. The first kappa shape index (κ1) is 21.9. The van der Waals surface area contributed by atoms with E-state index in [9.17, 15) is 9.59 Å². The van der Waals surface area contributed by atoms with Gasteiger partial charge in [-0.1, -0.05) is 19.1 Å². The predicted molar refractivity (Wildman–Crippen MR) is 121 cm³/mol. The molecule has 1 atom stereocenters. The van der Waals surface area contributed by atoms with E-state index in [0.717, 1.165) is 33.9 Å². The molecule has 0 N–H and O–H groups in total. The molecule has 1 aromatic heterocycles. The van der Waals surface area contributed by atoms with E-state index in [1.165, 1.54) is 11.8 Å². The van der Waals surface area contributed by atoms with Crippen LogP contribution in [-0.2, 0) is 22.4 Å². The third-order valence-electron chi connectivity index (χ3n) is 4.82. The topological polar surface area (TPSA) is 81.0 Å². The molecule has 0 saturated heterocycles. The third kappa shape index (κ3) is 5.42. The minimum atomic E-state index is 0.0747. The second-order valence-electron chi connectivity index (χ2n) is 7.16. The van der Waals surface area contributed by atoms with Gasteiger partial charge in [-0.05, 0) is 37.1 Å². The van der Waals surface area contributed by atoms with E-state index in [2.05, 4.69) is 22.1 Å². The molecule has 0 spiro atoms. The zero-order valence-electron chi connectivity index (χ0n) is 17.4. The molecule has 0 amide bonds. The molecule has 2 aromatic rings. The molecule has 156 valence electrons. The Morgan fingerprint density at radius 2 is 2.00 bits per heavy atom. The Labute approximate surface area is 180 Å². The predicted octanol–water partition coefficient (Wildman–Crippen LogP) is 3.91. The van der Waals surface area contributed by atoms with Crippen LogP contribution < -0.4 is 4.74 Å². The fourth-order valence-electron chi connectivity index (χ4n) is 3.42. The van der Waals surface area contributed by atoms with Gasteiger partial charge in [0.2, 0.25) is 0 Å². The van der Waals surface area contributed by atoms with Crippen LogP contribution in [0.4, 0.5) is 0 Å². The highest BCUT2D eigenvalue weighted by atomic mass is 32.2. The van der Waals surface area contributed by atoms with Gasteiger partial charge in [0.25, 0.3) is 0 Å². The quantitative estimate of drug-likeness (QED) is 0.611. The number of rotatable bonds is 9. The summed E-state index contributed by atoms with van der Waals surface area (Å²) in [6.45, 7) is 3.64. The van der Waals surface area contributed by atoms with E-state index in [1.54, 1.807) is 26.4 Å². The maximum Gasteiger partial charge on any atom is 0.147 e. The van der Waals surface area contributed by atoms with Gasteiger partial charge >= 0.3 is 0 Å². The summed E-state index contributed by atoms with van der Waals surface area (Å²) in [7, 11) is 1.58. The Balaban J connectivity index is 1.62.